The zero-order valence-corrected chi connectivity index (χ0v) is 11.8. The van der Waals surface area contributed by atoms with E-state index in [4.69, 9.17) is 0 Å². The molecule has 0 fully saturated rings. The van der Waals surface area contributed by atoms with Gasteiger partial charge in [-0.1, -0.05) is 60.7 Å². The van der Waals surface area contributed by atoms with Gasteiger partial charge in [-0.05, 0) is 17.5 Å². The normalized spacial score (nSPS) is 11.7. The van der Waals surface area contributed by atoms with Crippen LogP contribution in [0.5, 0.6) is 0 Å². The van der Waals surface area contributed by atoms with Crippen molar-refractivity contribution in [3.05, 3.63) is 71.8 Å². The largest absolute Gasteiger partial charge is 0.388 e. The minimum Gasteiger partial charge on any atom is -0.388 e. The highest BCUT2D eigenvalue weighted by Gasteiger charge is 2.07. The fourth-order valence-corrected chi connectivity index (χ4v) is 2.00. The van der Waals surface area contributed by atoms with Crippen LogP contribution in [0.3, 0.4) is 0 Å². The molecule has 0 aromatic heterocycles. The van der Waals surface area contributed by atoms with Crippen LogP contribution in [0.1, 0.15) is 23.7 Å². The molecule has 0 saturated carbocycles. The third-order valence-corrected chi connectivity index (χ3v) is 3.18. The van der Waals surface area contributed by atoms with Gasteiger partial charge < -0.3 is 15.7 Å². The van der Waals surface area contributed by atoms with Crippen LogP contribution in [0.4, 0.5) is 4.79 Å². The second kappa shape index (κ2) is 8.07. The number of carbonyl (C=O) groups excluding carboxylic acids is 1. The molecule has 0 spiro atoms. The van der Waals surface area contributed by atoms with Gasteiger partial charge in [0.1, 0.15) is 0 Å². The molecule has 2 rings (SSSR count). The first kappa shape index (κ1) is 15.1. The Hall–Kier alpha value is -2.33. The number of nitrogens with one attached hydrogen (secondary N) is 2. The SMILES string of the molecule is O=C(NCCC(O)c1ccccc1)NCc1ccccc1. The van der Waals surface area contributed by atoms with Crippen LogP contribution in [-0.4, -0.2) is 17.7 Å². The second-order valence-electron chi connectivity index (χ2n) is 4.81. The molecule has 4 heteroatoms. The second-order valence-corrected chi connectivity index (χ2v) is 4.81. The molecule has 4 nitrogen and oxygen atoms in total. The van der Waals surface area contributed by atoms with Crippen molar-refractivity contribution in [1.82, 2.24) is 10.6 Å². The molecule has 1 unspecified atom stereocenters. The van der Waals surface area contributed by atoms with E-state index in [0.29, 0.717) is 19.5 Å². The predicted molar refractivity (Wildman–Crippen MR) is 82.7 cm³/mol. The summed E-state index contributed by atoms with van der Waals surface area (Å²) in [5.74, 6) is 0. The Bertz CT molecular complexity index is 543. The Balaban J connectivity index is 1.65. The molecule has 0 aliphatic rings. The number of amides is 2. The fraction of sp³-hybridized carbons (Fsp3) is 0.235. The number of rotatable bonds is 6. The number of hydrogen-bond acceptors (Lipinski definition) is 2. The first-order valence-corrected chi connectivity index (χ1v) is 7.04. The Morgan fingerprint density at radius 1 is 0.952 bits per heavy atom. The van der Waals surface area contributed by atoms with Crippen LogP contribution in [0.25, 0.3) is 0 Å². The van der Waals surface area contributed by atoms with Crippen LogP contribution >= 0.6 is 0 Å². The van der Waals surface area contributed by atoms with Gasteiger partial charge >= 0.3 is 6.03 Å². The van der Waals surface area contributed by atoms with Crippen molar-refractivity contribution in [2.75, 3.05) is 6.54 Å². The maximum absolute atomic E-state index is 11.6. The van der Waals surface area contributed by atoms with E-state index >= 15 is 0 Å². The summed E-state index contributed by atoms with van der Waals surface area (Å²) in [6.45, 7) is 0.921. The Morgan fingerprint density at radius 3 is 2.24 bits per heavy atom. The van der Waals surface area contributed by atoms with Gasteiger partial charge in [0.2, 0.25) is 0 Å². The highest BCUT2D eigenvalue weighted by atomic mass is 16.3. The van der Waals surface area contributed by atoms with Crippen molar-refractivity contribution < 1.29 is 9.90 Å². The first-order valence-electron chi connectivity index (χ1n) is 7.04. The smallest absolute Gasteiger partial charge is 0.315 e. The number of hydrogen-bond donors (Lipinski definition) is 3. The highest BCUT2D eigenvalue weighted by molar-refractivity contribution is 5.73. The average molecular weight is 284 g/mol. The Labute approximate surface area is 124 Å². The summed E-state index contributed by atoms with van der Waals surface area (Å²) in [6, 6.07) is 18.9. The lowest BCUT2D eigenvalue weighted by Crippen LogP contribution is -2.36. The van der Waals surface area contributed by atoms with E-state index in [1.54, 1.807) is 0 Å². The van der Waals surface area contributed by atoms with Gasteiger partial charge in [-0.2, -0.15) is 0 Å². The van der Waals surface area contributed by atoms with Gasteiger partial charge in [-0.15, -0.1) is 0 Å². The average Bonchev–Trinajstić information content (AvgIpc) is 2.54. The highest BCUT2D eigenvalue weighted by Crippen LogP contribution is 2.14. The van der Waals surface area contributed by atoms with Crippen molar-refractivity contribution in [3.63, 3.8) is 0 Å². The summed E-state index contributed by atoms with van der Waals surface area (Å²) in [5.41, 5.74) is 1.92. The third-order valence-electron chi connectivity index (χ3n) is 3.18. The molecule has 3 N–H and O–H groups in total. The minimum atomic E-state index is -0.555. The van der Waals surface area contributed by atoms with E-state index < -0.39 is 6.10 Å². The van der Waals surface area contributed by atoms with Crippen LogP contribution in [0.15, 0.2) is 60.7 Å². The monoisotopic (exact) mass is 284 g/mol. The standard InChI is InChI=1S/C17H20N2O2/c20-16(15-9-5-2-6-10-15)11-12-18-17(21)19-13-14-7-3-1-4-8-14/h1-10,16,20H,11-13H2,(H2,18,19,21). The van der Waals surface area contributed by atoms with E-state index in [-0.39, 0.29) is 6.03 Å². The molecule has 110 valence electrons. The fourth-order valence-electron chi connectivity index (χ4n) is 2.00. The zero-order valence-electron chi connectivity index (χ0n) is 11.8. The maximum atomic E-state index is 11.6. The summed E-state index contributed by atoms with van der Waals surface area (Å²) in [5, 5.41) is 15.5. The van der Waals surface area contributed by atoms with Crippen LogP contribution < -0.4 is 10.6 Å². The molecule has 2 aromatic rings. The lowest BCUT2D eigenvalue weighted by atomic mass is 10.1. The zero-order chi connectivity index (χ0) is 14.9. The summed E-state index contributed by atoms with van der Waals surface area (Å²) < 4.78 is 0. The van der Waals surface area contributed by atoms with Crippen molar-refractivity contribution in [1.29, 1.82) is 0 Å². The van der Waals surface area contributed by atoms with Crippen molar-refractivity contribution in [2.24, 2.45) is 0 Å². The van der Waals surface area contributed by atoms with E-state index in [2.05, 4.69) is 10.6 Å². The van der Waals surface area contributed by atoms with Gasteiger partial charge in [-0.25, -0.2) is 4.79 Å². The van der Waals surface area contributed by atoms with E-state index in [1.807, 2.05) is 60.7 Å². The minimum absolute atomic E-state index is 0.223. The van der Waals surface area contributed by atoms with Crippen LogP contribution in [0, 0.1) is 0 Å². The number of urea groups is 1. The van der Waals surface area contributed by atoms with Gasteiger partial charge in [0.05, 0.1) is 6.10 Å². The number of aliphatic hydroxyl groups is 1. The molecule has 0 bridgehead atoms. The summed E-state index contributed by atoms with van der Waals surface area (Å²) in [4.78, 5) is 11.6. The van der Waals surface area contributed by atoms with E-state index in [0.717, 1.165) is 11.1 Å². The maximum Gasteiger partial charge on any atom is 0.315 e. The van der Waals surface area contributed by atoms with Gasteiger partial charge in [0.15, 0.2) is 0 Å². The van der Waals surface area contributed by atoms with Crippen LogP contribution in [0.2, 0.25) is 0 Å². The topological polar surface area (TPSA) is 61.4 Å². The molecule has 2 amide bonds. The first-order chi connectivity index (χ1) is 10.3. The number of aliphatic hydroxyl groups excluding tert-OH is 1. The summed E-state index contributed by atoms with van der Waals surface area (Å²) >= 11 is 0. The van der Waals surface area contributed by atoms with Crippen LogP contribution in [-0.2, 0) is 6.54 Å². The van der Waals surface area contributed by atoms with Gasteiger partial charge in [0, 0.05) is 13.1 Å². The lowest BCUT2D eigenvalue weighted by Gasteiger charge is -2.12. The molecule has 21 heavy (non-hydrogen) atoms. The molecule has 2 aromatic carbocycles. The quantitative estimate of drug-likeness (QED) is 0.763. The molecule has 0 saturated heterocycles. The molecule has 0 radical (unpaired) electrons. The third kappa shape index (κ3) is 5.28. The van der Waals surface area contributed by atoms with Gasteiger partial charge in [0.25, 0.3) is 0 Å². The van der Waals surface area contributed by atoms with Crippen molar-refractivity contribution in [2.45, 2.75) is 19.1 Å². The lowest BCUT2D eigenvalue weighted by molar-refractivity contribution is 0.167. The Kier molecular flexibility index (Phi) is 5.79. The van der Waals surface area contributed by atoms with Crippen molar-refractivity contribution in [3.8, 4) is 0 Å². The van der Waals surface area contributed by atoms with Crippen molar-refractivity contribution >= 4 is 6.03 Å². The number of benzene rings is 2. The predicted octanol–water partition coefficient (Wildman–Crippen LogP) is 2.61. The molecule has 0 heterocycles. The molecule has 1 atom stereocenters. The molecule has 0 aliphatic carbocycles. The summed E-state index contributed by atoms with van der Waals surface area (Å²) in [7, 11) is 0. The van der Waals surface area contributed by atoms with Gasteiger partial charge in [-0.3, -0.25) is 0 Å². The summed E-state index contributed by atoms with van der Waals surface area (Å²) in [6.07, 6.45) is -0.0661. The molecular formula is C17H20N2O2. The molecular weight excluding hydrogens is 264 g/mol. The Morgan fingerprint density at radius 2 is 1.57 bits per heavy atom. The van der Waals surface area contributed by atoms with E-state index in [1.165, 1.54) is 0 Å². The van der Waals surface area contributed by atoms with E-state index in [9.17, 15) is 9.90 Å². The number of carbonyl (C=O) groups is 1. The molecule has 0 aliphatic heterocycles.